The van der Waals surface area contributed by atoms with Gasteiger partial charge in [0.2, 0.25) is 5.91 Å². The summed E-state index contributed by atoms with van der Waals surface area (Å²) in [5.74, 6) is -1.49. The summed E-state index contributed by atoms with van der Waals surface area (Å²) in [6.45, 7) is 0.575. The summed E-state index contributed by atoms with van der Waals surface area (Å²) in [6.07, 6.45) is 1.44. The van der Waals surface area contributed by atoms with Gasteiger partial charge in [0.1, 0.15) is 4.88 Å². The molecule has 7 heteroatoms. The van der Waals surface area contributed by atoms with Gasteiger partial charge in [-0.2, -0.15) is 0 Å². The van der Waals surface area contributed by atoms with Gasteiger partial charge in [0, 0.05) is 13.1 Å². The van der Waals surface area contributed by atoms with Gasteiger partial charge >= 0.3 is 5.97 Å². The van der Waals surface area contributed by atoms with E-state index in [1.54, 1.807) is 17.5 Å². The van der Waals surface area contributed by atoms with Crippen LogP contribution in [0, 0.1) is 5.92 Å². The van der Waals surface area contributed by atoms with Crippen molar-refractivity contribution in [2.75, 3.05) is 19.7 Å². The van der Waals surface area contributed by atoms with E-state index in [0.717, 1.165) is 6.42 Å². The molecule has 2 heterocycles. The molecular weight excluding hydrogens is 280 g/mol. The van der Waals surface area contributed by atoms with Crippen LogP contribution in [0.25, 0.3) is 0 Å². The number of nitrogens with two attached hydrogens (primary N) is 1. The summed E-state index contributed by atoms with van der Waals surface area (Å²) in [4.78, 5) is 36.7. The quantitative estimate of drug-likeness (QED) is 0.825. The van der Waals surface area contributed by atoms with Gasteiger partial charge in [0.25, 0.3) is 5.91 Å². The van der Waals surface area contributed by atoms with Gasteiger partial charge in [-0.15, -0.1) is 11.3 Å². The second-order valence-corrected chi connectivity index (χ2v) is 5.58. The number of piperidine rings is 1. The maximum Gasteiger partial charge on any atom is 0.348 e. The Kier molecular flexibility index (Phi) is 4.73. The molecule has 1 saturated heterocycles. The van der Waals surface area contributed by atoms with Gasteiger partial charge in [0.15, 0.2) is 6.61 Å². The maximum absolute atomic E-state index is 11.9. The van der Waals surface area contributed by atoms with Crippen molar-refractivity contribution in [3.63, 3.8) is 0 Å². The Morgan fingerprint density at radius 3 is 2.90 bits per heavy atom. The maximum atomic E-state index is 11.9. The number of hydrogen-bond donors (Lipinski definition) is 1. The van der Waals surface area contributed by atoms with Crippen molar-refractivity contribution in [2.45, 2.75) is 12.8 Å². The number of nitrogens with zero attached hydrogens (tertiary/aromatic N) is 1. The fourth-order valence-corrected chi connectivity index (χ4v) is 2.74. The molecule has 0 bridgehead atoms. The Hall–Kier alpha value is -1.89. The number of esters is 1. The molecule has 20 heavy (non-hydrogen) atoms. The van der Waals surface area contributed by atoms with E-state index in [9.17, 15) is 14.4 Å². The number of primary amides is 1. The number of carbonyl (C=O) groups is 3. The van der Waals surface area contributed by atoms with Gasteiger partial charge in [-0.1, -0.05) is 6.07 Å². The third-order valence-electron chi connectivity index (χ3n) is 3.23. The molecule has 2 amide bonds. The minimum Gasteiger partial charge on any atom is -0.451 e. The van der Waals surface area contributed by atoms with Crippen LogP contribution in [0.1, 0.15) is 22.5 Å². The van der Waals surface area contributed by atoms with Crippen molar-refractivity contribution < 1.29 is 19.1 Å². The van der Waals surface area contributed by atoms with E-state index < -0.39 is 11.9 Å². The van der Waals surface area contributed by atoms with Crippen molar-refractivity contribution in [2.24, 2.45) is 11.7 Å². The zero-order chi connectivity index (χ0) is 14.5. The van der Waals surface area contributed by atoms with Crippen LogP contribution < -0.4 is 5.73 Å². The number of ether oxygens (including phenoxy) is 1. The van der Waals surface area contributed by atoms with Crippen LogP contribution in [-0.4, -0.2) is 42.4 Å². The molecule has 0 spiro atoms. The molecule has 1 aromatic rings. The number of hydrogen-bond acceptors (Lipinski definition) is 5. The normalized spacial score (nSPS) is 18.6. The zero-order valence-corrected chi connectivity index (χ0v) is 11.7. The fourth-order valence-electron chi connectivity index (χ4n) is 2.12. The molecule has 1 aliphatic rings. The van der Waals surface area contributed by atoms with E-state index in [0.29, 0.717) is 24.4 Å². The first-order valence-corrected chi connectivity index (χ1v) is 7.23. The molecule has 0 aliphatic carbocycles. The highest BCUT2D eigenvalue weighted by Gasteiger charge is 2.27. The first-order valence-electron chi connectivity index (χ1n) is 6.35. The largest absolute Gasteiger partial charge is 0.451 e. The topological polar surface area (TPSA) is 89.7 Å². The Labute approximate surface area is 120 Å². The predicted octanol–water partition coefficient (Wildman–Crippen LogP) is 0.629. The summed E-state index contributed by atoms with van der Waals surface area (Å²) >= 11 is 1.26. The lowest BCUT2D eigenvalue weighted by Gasteiger charge is -2.30. The molecule has 0 saturated carbocycles. The summed E-state index contributed by atoms with van der Waals surface area (Å²) in [7, 11) is 0. The fraction of sp³-hybridized carbons (Fsp3) is 0.462. The van der Waals surface area contributed by atoms with Crippen LogP contribution in [0.3, 0.4) is 0 Å². The van der Waals surface area contributed by atoms with E-state index in [1.165, 1.54) is 16.2 Å². The molecule has 1 aliphatic heterocycles. The molecule has 108 valence electrons. The van der Waals surface area contributed by atoms with E-state index in [1.807, 2.05) is 0 Å². The van der Waals surface area contributed by atoms with Gasteiger partial charge in [-0.3, -0.25) is 9.59 Å². The van der Waals surface area contributed by atoms with Crippen molar-refractivity contribution in [3.05, 3.63) is 22.4 Å². The number of carbonyl (C=O) groups excluding carboxylic acids is 3. The smallest absolute Gasteiger partial charge is 0.348 e. The SMILES string of the molecule is NC(=O)[C@H]1CCCN(C(=O)COC(=O)c2cccs2)C1. The minimum atomic E-state index is -0.503. The van der Waals surface area contributed by atoms with Crippen LogP contribution in [0.5, 0.6) is 0 Å². The Morgan fingerprint density at radius 2 is 2.25 bits per heavy atom. The highest BCUT2D eigenvalue weighted by molar-refractivity contribution is 7.11. The van der Waals surface area contributed by atoms with E-state index >= 15 is 0 Å². The number of likely N-dealkylation sites (tertiary alicyclic amines) is 1. The zero-order valence-electron chi connectivity index (χ0n) is 10.9. The monoisotopic (exact) mass is 296 g/mol. The van der Waals surface area contributed by atoms with Gasteiger partial charge in [-0.05, 0) is 24.3 Å². The molecule has 0 unspecified atom stereocenters. The second-order valence-electron chi connectivity index (χ2n) is 4.63. The average Bonchev–Trinajstić information content (AvgIpc) is 2.98. The van der Waals surface area contributed by atoms with Crippen molar-refractivity contribution in [1.82, 2.24) is 4.90 Å². The molecule has 0 aromatic carbocycles. The summed E-state index contributed by atoms with van der Waals surface area (Å²) in [5.41, 5.74) is 5.26. The minimum absolute atomic E-state index is 0.291. The van der Waals surface area contributed by atoms with Crippen LogP contribution >= 0.6 is 11.3 Å². The molecule has 1 fully saturated rings. The Balaban J connectivity index is 1.82. The summed E-state index contributed by atoms with van der Waals surface area (Å²) in [6, 6.07) is 3.38. The van der Waals surface area contributed by atoms with Crippen molar-refractivity contribution >= 4 is 29.1 Å². The number of thiophene rings is 1. The molecule has 1 aromatic heterocycles. The average molecular weight is 296 g/mol. The first-order chi connectivity index (χ1) is 9.58. The van der Waals surface area contributed by atoms with Gasteiger partial charge < -0.3 is 15.4 Å². The van der Waals surface area contributed by atoms with Crippen molar-refractivity contribution in [3.8, 4) is 0 Å². The van der Waals surface area contributed by atoms with E-state index in [-0.39, 0.29) is 18.4 Å². The molecule has 1 atom stereocenters. The Morgan fingerprint density at radius 1 is 1.45 bits per heavy atom. The second kappa shape index (κ2) is 6.51. The lowest BCUT2D eigenvalue weighted by atomic mass is 9.97. The first kappa shape index (κ1) is 14.5. The highest BCUT2D eigenvalue weighted by atomic mass is 32.1. The van der Waals surface area contributed by atoms with Gasteiger partial charge in [0.05, 0.1) is 5.92 Å². The lowest BCUT2D eigenvalue weighted by molar-refractivity contribution is -0.137. The van der Waals surface area contributed by atoms with E-state index in [2.05, 4.69) is 0 Å². The number of amides is 2. The van der Waals surface area contributed by atoms with Crippen LogP contribution in [-0.2, 0) is 14.3 Å². The third-order valence-corrected chi connectivity index (χ3v) is 4.08. The predicted molar refractivity (Wildman–Crippen MR) is 73.1 cm³/mol. The van der Waals surface area contributed by atoms with Gasteiger partial charge in [-0.25, -0.2) is 4.79 Å². The third kappa shape index (κ3) is 3.57. The van der Waals surface area contributed by atoms with E-state index in [4.69, 9.17) is 10.5 Å². The molecule has 2 N–H and O–H groups in total. The van der Waals surface area contributed by atoms with Crippen molar-refractivity contribution in [1.29, 1.82) is 0 Å². The molecule has 0 radical (unpaired) electrons. The molecule has 6 nitrogen and oxygen atoms in total. The summed E-state index contributed by atoms with van der Waals surface area (Å²) in [5, 5.41) is 1.76. The summed E-state index contributed by atoms with van der Waals surface area (Å²) < 4.78 is 4.96. The number of rotatable bonds is 4. The van der Waals surface area contributed by atoms with Crippen LogP contribution in [0.15, 0.2) is 17.5 Å². The Bertz CT molecular complexity index is 500. The van der Waals surface area contributed by atoms with Crippen LogP contribution in [0.4, 0.5) is 0 Å². The standard InChI is InChI=1S/C13H16N2O4S/c14-12(17)9-3-1-5-15(7-9)11(16)8-19-13(18)10-4-2-6-20-10/h2,4,6,9H,1,3,5,7-8H2,(H2,14,17)/t9-/m0/s1. The van der Waals surface area contributed by atoms with Crippen LogP contribution in [0.2, 0.25) is 0 Å². The molecule has 2 rings (SSSR count). The lowest BCUT2D eigenvalue weighted by Crippen LogP contribution is -2.45. The molecular formula is C13H16N2O4S. The highest BCUT2D eigenvalue weighted by Crippen LogP contribution is 2.16.